The van der Waals surface area contributed by atoms with Gasteiger partial charge in [-0.25, -0.2) is 4.98 Å². The molecule has 16 heavy (non-hydrogen) atoms. The van der Waals surface area contributed by atoms with Crippen molar-refractivity contribution >= 4 is 6.29 Å². The molecule has 82 valence electrons. The van der Waals surface area contributed by atoms with E-state index >= 15 is 0 Å². The van der Waals surface area contributed by atoms with Gasteiger partial charge in [-0.2, -0.15) is 0 Å². The quantitative estimate of drug-likeness (QED) is 0.741. The topological polar surface area (TPSA) is 52.3 Å². The Hall–Kier alpha value is -2.10. The average molecular weight is 217 g/mol. The largest absolute Gasteiger partial charge is 0.497 e. The fraction of sp³-hybridized carbons (Fsp3) is 0.167. The summed E-state index contributed by atoms with van der Waals surface area (Å²) in [5, 5.41) is 0. The fourth-order valence-corrected chi connectivity index (χ4v) is 1.50. The number of oxazole rings is 1. The summed E-state index contributed by atoms with van der Waals surface area (Å²) in [6, 6.07) is 7.33. The second-order valence-corrected chi connectivity index (χ2v) is 3.30. The van der Waals surface area contributed by atoms with Crippen LogP contribution in [0.4, 0.5) is 0 Å². The molecule has 0 aliphatic heterocycles. The lowest BCUT2D eigenvalue weighted by Gasteiger charge is -2.01. The number of aromatic nitrogens is 1. The zero-order chi connectivity index (χ0) is 11.5. The van der Waals surface area contributed by atoms with E-state index in [4.69, 9.17) is 9.15 Å². The third kappa shape index (κ3) is 1.82. The molecule has 2 rings (SSSR count). The van der Waals surface area contributed by atoms with Crippen LogP contribution >= 0.6 is 0 Å². The van der Waals surface area contributed by atoms with Gasteiger partial charge in [-0.1, -0.05) is 12.1 Å². The molecular weight excluding hydrogens is 206 g/mol. The number of rotatable bonds is 3. The average Bonchev–Trinajstić information content (AvgIpc) is 2.70. The van der Waals surface area contributed by atoms with Gasteiger partial charge >= 0.3 is 0 Å². The number of carbonyl (C=O) groups is 1. The summed E-state index contributed by atoms with van der Waals surface area (Å²) < 4.78 is 10.3. The monoisotopic (exact) mass is 217 g/mol. The highest BCUT2D eigenvalue weighted by Gasteiger charge is 2.12. The molecule has 4 nitrogen and oxygen atoms in total. The van der Waals surface area contributed by atoms with Crippen LogP contribution in [0.3, 0.4) is 0 Å². The summed E-state index contributed by atoms with van der Waals surface area (Å²) in [6.45, 7) is 1.71. The van der Waals surface area contributed by atoms with Crippen molar-refractivity contribution in [2.45, 2.75) is 6.92 Å². The second kappa shape index (κ2) is 4.18. The molecule has 0 aliphatic carbocycles. The van der Waals surface area contributed by atoms with Crippen molar-refractivity contribution in [1.29, 1.82) is 0 Å². The highest BCUT2D eigenvalue weighted by Crippen LogP contribution is 2.25. The third-order valence-electron chi connectivity index (χ3n) is 2.21. The normalized spacial score (nSPS) is 10.1. The van der Waals surface area contributed by atoms with Crippen molar-refractivity contribution in [3.63, 3.8) is 0 Å². The number of carbonyl (C=O) groups excluding carboxylic acids is 1. The minimum absolute atomic E-state index is 0.241. The molecule has 1 heterocycles. The van der Waals surface area contributed by atoms with E-state index in [1.165, 1.54) is 0 Å². The minimum atomic E-state index is 0.241. The Morgan fingerprint density at radius 1 is 1.44 bits per heavy atom. The minimum Gasteiger partial charge on any atom is -0.497 e. The molecule has 0 saturated carbocycles. The van der Waals surface area contributed by atoms with Gasteiger partial charge in [-0.15, -0.1) is 0 Å². The zero-order valence-electron chi connectivity index (χ0n) is 9.06. The Kier molecular flexibility index (Phi) is 2.72. The Labute approximate surface area is 92.9 Å². The third-order valence-corrected chi connectivity index (χ3v) is 2.21. The van der Waals surface area contributed by atoms with E-state index < -0.39 is 0 Å². The Balaban J connectivity index is 2.52. The van der Waals surface area contributed by atoms with E-state index in [9.17, 15) is 4.79 Å². The van der Waals surface area contributed by atoms with E-state index in [1.54, 1.807) is 14.0 Å². The van der Waals surface area contributed by atoms with Crippen LogP contribution < -0.4 is 4.74 Å². The number of methoxy groups -OCH3 is 1. The summed E-state index contributed by atoms with van der Waals surface area (Å²) in [4.78, 5) is 15.0. The Morgan fingerprint density at radius 2 is 2.25 bits per heavy atom. The summed E-state index contributed by atoms with van der Waals surface area (Å²) in [6.07, 6.45) is 0.662. The molecular formula is C12H11NO3. The molecule has 0 spiro atoms. The SMILES string of the molecule is COc1cccc(-c2nc(C)oc2C=O)c1. The van der Waals surface area contributed by atoms with E-state index in [0.717, 1.165) is 11.3 Å². The maximum absolute atomic E-state index is 10.8. The number of benzene rings is 1. The Bertz CT molecular complexity index is 517. The first-order chi connectivity index (χ1) is 7.74. The number of hydrogen-bond acceptors (Lipinski definition) is 4. The van der Waals surface area contributed by atoms with Crippen molar-refractivity contribution in [2.24, 2.45) is 0 Å². The van der Waals surface area contributed by atoms with E-state index in [1.807, 2.05) is 24.3 Å². The van der Waals surface area contributed by atoms with Gasteiger partial charge in [0.05, 0.1) is 7.11 Å². The first-order valence-electron chi connectivity index (χ1n) is 4.81. The van der Waals surface area contributed by atoms with E-state index in [-0.39, 0.29) is 5.76 Å². The lowest BCUT2D eigenvalue weighted by atomic mass is 10.1. The molecule has 0 radical (unpaired) electrons. The van der Waals surface area contributed by atoms with Gasteiger partial charge in [0.2, 0.25) is 0 Å². The van der Waals surface area contributed by atoms with Crippen LogP contribution in [0.2, 0.25) is 0 Å². The maximum Gasteiger partial charge on any atom is 0.195 e. The van der Waals surface area contributed by atoms with Gasteiger partial charge in [0.25, 0.3) is 0 Å². The van der Waals surface area contributed by atoms with E-state index in [2.05, 4.69) is 4.98 Å². The van der Waals surface area contributed by atoms with Gasteiger partial charge in [0.1, 0.15) is 11.4 Å². The summed E-state index contributed by atoms with van der Waals surface area (Å²) in [7, 11) is 1.59. The fourth-order valence-electron chi connectivity index (χ4n) is 1.50. The number of hydrogen-bond donors (Lipinski definition) is 0. The first kappa shape index (κ1) is 10.4. The van der Waals surface area contributed by atoms with Crippen molar-refractivity contribution in [1.82, 2.24) is 4.98 Å². The molecule has 0 bridgehead atoms. The van der Waals surface area contributed by atoms with Crippen LogP contribution in [0, 0.1) is 6.92 Å². The zero-order valence-corrected chi connectivity index (χ0v) is 9.06. The second-order valence-electron chi connectivity index (χ2n) is 3.30. The molecule has 0 saturated heterocycles. The van der Waals surface area contributed by atoms with E-state index in [0.29, 0.717) is 17.9 Å². The molecule has 2 aromatic rings. The summed E-state index contributed by atoms with van der Waals surface area (Å²) in [5.41, 5.74) is 1.35. The summed E-state index contributed by atoms with van der Waals surface area (Å²) >= 11 is 0. The van der Waals surface area contributed by atoms with Crippen LogP contribution in [-0.4, -0.2) is 18.4 Å². The smallest absolute Gasteiger partial charge is 0.195 e. The van der Waals surface area contributed by atoms with Gasteiger partial charge < -0.3 is 9.15 Å². The lowest BCUT2D eigenvalue weighted by molar-refractivity contribution is 0.110. The van der Waals surface area contributed by atoms with Crippen molar-refractivity contribution < 1.29 is 13.9 Å². The maximum atomic E-state index is 10.8. The highest BCUT2D eigenvalue weighted by atomic mass is 16.5. The van der Waals surface area contributed by atoms with Crippen LogP contribution in [0.15, 0.2) is 28.7 Å². The van der Waals surface area contributed by atoms with Crippen LogP contribution in [-0.2, 0) is 0 Å². The van der Waals surface area contributed by atoms with Gasteiger partial charge in [-0.05, 0) is 12.1 Å². The van der Waals surface area contributed by atoms with Gasteiger partial charge in [0, 0.05) is 12.5 Å². The van der Waals surface area contributed by atoms with Crippen LogP contribution in [0.1, 0.15) is 16.4 Å². The van der Waals surface area contributed by atoms with Crippen LogP contribution in [0.5, 0.6) is 5.75 Å². The molecule has 0 amide bonds. The molecule has 0 aliphatic rings. The Morgan fingerprint density at radius 3 is 2.94 bits per heavy atom. The highest BCUT2D eigenvalue weighted by molar-refractivity contribution is 5.82. The predicted molar refractivity (Wildman–Crippen MR) is 58.6 cm³/mol. The van der Waals surface area contributed by atoms with Gasteiger partial charge in [-0.3, -0.25) is 4.79 Å². The lowest BCUT2D eigenvalue weighted by Crippen LogP contribution is -1.86. The molecule has 1 aromatic carbocycles. The van der Waals surface area contributed by atoms with Crippen molar-refractivity contribution in [3.8, 4) is 17.0 Å². The number of ether oxygens (including phenoxy) is 1. The summed E-state index contributed by atoms with van der Waals surface area (Å²) in [5.74, 6) is 1.43. The molecule has 0 N–H and O–H groups in total. The molecule has 4 heteroatoms. The first-order valence-corrected chi connectivity index (χ1v) is 4.81. The standard InChI is InChI=1S/C12H11NO3/c1-8-13-12(11(7-14)16-8)9-4-3-5-10(6-9)15-2/h3-7H,1-2H3. The van der Waals surface area contributed by atoms with Gasteiger partial charge in [0.15, 0.2) is 17.9 Å². The predicted octanol–water partition coefficient (Wildman–Crippen LogP) is 2.47. The molecule has 0 fully saturated rings. The molecule has 1 aromatic heterocycles. The number of aryl methyl sites for hydroxylation is 1. The molecule has 0 atom stereocenters. The van der Waals surface area contributed by atoms with Crippen LogP contribution in [0.25, 0.3) is 11.3 Å². The number of aldehydes is 1. The molecule has 0 unspecified atom stereocenters. The van der Waals surface area contributed by atoms with Crippen molar-refractivity contribution in [3.05, 3.63) is 35.9 Å². The number of nitrogens with zero attached hydrogens (tertiary/aromatic N) is 1. The van der Waals surface area contributed by atoms with Crippen molar-refractivity contribution in [2.75, 3.05) is 7.11 Å².